The minimum Gasteiger partial charge on any atom is -0.450 e. The number of benzene rings is 1. The highest BCUT2D eigenvalue weighted by molar-refractivity contribution is 7.15. The van der Waals surface area contributed by atoms with E-state index in [1.807, 2.05) is 31.2 Å². The molecule has 27 heavy (non-hydrogen) atoms. The van der Waals surface area contributed by atoms with Crippen molar-refractivity contribution in [3.05, 3.63) is 63.0 Å². The lowest BCUT2D eigenvalue weighted by Crippen LogP contribution is -2.05. The Morgan fingerprint density at radius 2 is 1.96 bits per heavy atom. The Morgan fingerprint density at radius 3 is 2.63 bits per heavy atom. The standard InChI is InChI=1S/C17H15ClN4S.CH2O3/c1-3-11-8-13-16(12-6-4-5-7-14(12)18)19-9-15-21-20-10(2)22(15)17(13)23-11;2-1(3)4/h4-8H,3,9H2,1-2H3;(H2,2,3,4). The maximum Gasteiger partial charge on any atom is 0.503 e. The quantitative estimate of drug-likeness (QED) is 0.658. The molecule has 0 aliphatic carbocycles. The summed E-state index contributed by atoms with van der Waals surface area (Å²) in [5.74, 6) is 1.76. The van der Waals surface area contributed by atoms with Crippen LogP contribution in [0.25, 0.3) is 5.00 Å². The Bertz CT molecular complexity index is 1020. The molecule has 0 atom stereocenters. The predicted molar refractivity (Wildman–Crippen MR) is 105 cm³/mol. The molecule has 2 aromatic heterocycles. The fourth-order valence-corrected chi connectivity index (χ4v) is 4.22. The fourth-order valence-electron chi connectivity index (χ4n) is 2.83. The first-order valence-corrected chi connectivity index (χ1v) is 9.37. The lowest BCUT2D eigenvalue weighted by molar-refractivity contribution is 0.137. The zero-order chi connectivity index (χ0) is 19.6. The number of carboxylic acid groups (broad SMARTS) is 2. The zero-order valence-corrected chi connectivity index (χ0v) is 16.3. The molecule has 2 N–H and O–H groups in total. The van der Waals surface area contributed by atoms with E-state index in [-0.39, 0.29) is 0 Å². The summed E-state index contributed by atoms with van der Waals surface area (Å²) in [6.45, 7) is 4.65. The Labute approximate surface area is 164 Å². The van der Waals surface area contributed by atoms with Crippen LogP contribution >= 0.6 is 22.9 Å². The number of aliphatic imine (C=N–C) groups is 1. The first kappa shape index (κ1) is 19.1. The maximum atomic E-state index is 8.56. The van der Waals surface area contributed by atoms with Gasteiger partial charge in [0.05, 0.1) is 5.71 Å². The van der Waals surface area contributed by atoms with Crippen molar-refractivity contribution in [1.29, 1.82) is 0 Å². The van der Waals surface area contributed by atoms with Crippen molar-refractivity contribution in [3.63, 3.8) is 0 Å². The molecule has 0 saturated heterocycles. The molecule has 0 unspecified atom stereocenters. The van der Waals surface area contributed by atoms with Crippen molar-refractivity contribution in [3.8, 4) is 5.00 Å². The van der Waals surface area contributed by atoms with E-state index in [0.717, 1.165) is 44.9 Å². The van der Waals surface area contributed by atoms with Gasteiger partial charge >= 0.3 is 6.16 Å². The third kappa shape index (κ3) is 3.86. The van der Waals surface area contributed by atoms with E-state index in [9.17, 15) is 0 Å². The molecule has 0 radical (unpaired) electrons. The highest BCUT2D eigenvalue weighted by Gasteiger charge is 2.24. The molecule has 9 heteroatoms. The van der Waals surface area contributed by atoms with Crippen LogP contribution in [0.3, 0.4) is 0 Å². The van der Waals surface area contributed by atoms with E-state index in [1.165, 1.54) is 4.88 Å². The molecule has 4 rings (SSSR count). The summed E-state index contributed by atoms with van der Waals surface area (Å²) in [4.78, 5) is 14.7. The average molecular weight is 405 g/mol. The van der Waals surface area contributed by atoms with Crippen molar-refractivity contribution < 1.29 is 15.0 Å². The Hall–Kier alpha value is -2.71. The van der Waals surface area contributed by atoms with Crippen molar-refractivity contribution in [2.75, 3.05) is 0 Å². The monoisotopic (exact) mass is 404 g/mol. The molecule has 7 nitrogen and oxygen atoms in total. The number of fused-ring (bicyclic) bond motifs is 3. The van der Waals surface area contributed by atoms with Gasteiger partial charge in [-0.3, -0.25) is 9.56 Å². The number of hydrogen-bond acceptors (Lipinski definition) is 5. The fraction of sp³-hybridized carbons (Fsp3) is 0.222. The normalized spacial score (nSPS) is 12.2. The minimum atomic E-state index is -1.83. The molecule has 1 aliphatic heterocycles. The SMILES string of the molecule is CCc1cc2c(s1)-n1c(C)nnc1CN=C2c1ccccc1Cl.O=C(O)O. The van der Waals surface area contributed by atoms with Crippen LogP contribution in [0.4, 0.5) is 4.79 Å². The van der Waals surface area contributed by atoms with E-state index >= 15 is 0 Å². The van der Waals surface area contributed by atoms with Crippen molar-refractivity contribution >= 4 is 34.8 Å². The Balaban J connectivity index is 0.000000481. The van der Waals surface area contributed by atoms with Gasteiger partial charge in [-0.2, -0.15) is 0 Å². The summed E-state index contributed by atoms with van der Waals surface area (Å²) in [6.07, 6.45) is -0.843. The second-order valence-corrected chi connectivity index (χ2v) is 7.23. The molecule has 0 bridgehead atoms. The molecule has 0 saturated carbocycles. The van der Waals surface area contributed by atoms with Gasteiger partial charge in [-0.05, 0) is 25.5 Å². The van der Waals surface area contributed by atoms with Crippen LogP contribution in [0.5, 0.6) is 0 Å². The molecule has 1 aromatic carbocycles. The summed E-state index contributed by atoms with van der Waals surface area (Å²) in [5.41, 5.74) is 3.01. The van der Waals surface area contributed by atoms with E-state index in [1.54, 1.807) is 11.3 Å². The summed E-state index contributed by atoms with van der Waals surface area (Å²) in [6, 6.07) is 10.1. The lowest BCUT2D eigenvalue weighted by Gasteiger charge is -2.08. The van der Waals surface area contributed by atoms with Crippen molar-refractivity contribution in [2.45, 2.75) is 26.8 Å². The zero-order valence-electron chi connectivity index (χ0n) is 14.7. The first-order chi connectivity index (χ1) is 12.9. The number of hydrogen-bond donors (Lipinski definition) is 2. The molecule has 1 aliphatic rings. The molecular formula is C18H17ClN4O3S. The smallest absolute Gasteiger partial charge is 0.450 e. The van der Waals surface area contributed by atoms with Crippen LogP contribution in [0.1, 0.15) is 34.6 Å². The van der Waals surface area contributed by atoms with Gasteiger partial charge in [0.2, 0.25) is 0 Å². The number of carbonyl (C=O) groups is 1. The number of aromatic nitrogens is 3. The second kappa shape index (κ2) is 7.89. The molecule has 3 aromatic rings. The molecule has 0 spiro atoms. The molecule has 0 fully saturated rings. The first-order valence-electron chi connectivity index (χ1n) is 8.18. The van der Waals surface area contributed by atoms with E-state index in [4.69, 9.17) is 31.6 Å². The second-order valence-electron chi connectivity index (χ2n) is 5.71. The van der Waals surface area contributed by atoms with Gasteiger partial charge in [-0.1, -0.05) is 36.7 Å². The number of halogens is 1. The topological polar surface area (TPSA) is 101 Å². The summed E-state index contributed by atoms with van der Waals surface area (Å²) < 4.78 is 2.12. The highest BCUT2D eigenvalue weighted by atomic mass is 35.5. The maximum absolute atomic E-state index is 8.56. The van der Waals surface area contributed by atoms with Crippen LogP contribution < -0.4 is 0 Å². The highest BCUT2D eigenvalue weighted by Crippen LogP contribution is 2.34. The number of thiophene rings is 1. The van der Waals surface area contributed by atoms with Gasteiger partial charge in [-0.25, -0.2) is 4.79 Å². The third-order valence-electron chi connectivity index (χ3n) is 3.97. The van der Waals surface area contributed by atoms with Gasteiger partial charge in [0.25, 0.3) is 0 Å². The molecule has 140 valence electrons. The molecule has 3 heterocycles. The third-order valence-corrected chi connectivity index (χ3v) is 5.56. The Kier molecular flexibility index (Phi) is 5.57. The summed E-state index contributed by atoms with van der Waals surface area (Å²) in [5, 5.41) is 24.3. The minimum absolute atomic E-state index is 0.504. The van der Waals surface area contributed by atoms with Crippen LogP contribution in [0.15, 0.2) is 35.3 Å². The van der Waals surface area contributed by atoms with Gasteiger partial charge < -0.3 is 10.2 Å². The predicted octanol–water partition coefficient (Wildman–Crippen LogP) is 4.43. The number of aryl methyl sites for hydroxylation is 2. The number of rotatable bonds is 2. The van der Waals surface area contributed by atoms with E-state index < -0.39 is 6.16 Å². The van der Waals surface area contributed by atoms with Gasteiger partial charge in [-0.15, -0.1) is 21.5 Å². The average Bonchev–Trinajstić information content (AvgIpc) is 3.16. The van der Waals surface area contributed by atoms with Crippen LogP contribution in [0, 0.1) is 6.92 Å². The number of nitrogens with zero attached hydrogens (tertiary/aromatic N) is 4. The summed E-state index contributed by atoms with van der Waals surface area (Å²) in [7, 11) is 0. The largest absolute Gasteiger partial charge is 0.503 e. The molecule has 0 amide bonds. The van der Waals surface area contributed by atoms with E-state index in [2.05, 4.69) is 27.8 Å². The van der Waals surface area contributed by atoms with Crippen molar-refractivity contribution in [1.82, 2.24) is 14.8 Å². The van der Waals surface area contributed by atoms with Crippen LogP contribution in [-0.4, -0.2) is 36.8 Å². The van der Waals surface area contributed by atoms with Gasteiger partial charge in [0.1, 0.15) is 17.4 Å². The van der Waals surface area contributed by atoms with Gasteiger partial charge in [0.15, 0.2) is 5.82 Å². The van der Waals surface area contributed by atoms with Crippen molar-refractivity contribution in [2.24, 2.45) is 4.99 Å². The van der Waals surface area contributed by atoms with E-state index in [0.29, 0.717) is 6.54 Å². The van der Waals surface area contributed by atoms with Crippen LogP contribution in [0.2, 0.25) is 5.02 Å². The van der Waals surface area contributed by atoms with Gasteiger partial charge in [0, 0.05) is 21.0 Å². The Morgan fingerprint density at radius 1 is 1.26 bits per heavy atom. The molecular weight excluding hydrogens is 388 g/mol. The lowest BCUT2D eigenvalue weighted by atomic mass is 10.0. The van der Waals surface area contributed by atoms with Crippen LogP contribution in [-0.2, 0) is 13.0 Å². The summed E-state index contributed by atoms with van der Waals surface area (Å²) >= 11 is 8.20.